The first kappa shape index (κ1) is 13.1. The van der Waals surface area contributed by atoms with Crippen molar-refractivity contribution >= 4 is 22.2 Å². The number of nitrogens with one attached hydrogen (secondary N) is 2. The molecule has 1 amide bonds. The van der Waals surface area contributed by atoms with Gasteiger partial charge >= 0.3 is 0 Å². The van der Waals surface area contributed by atoms with Gasteiger partial charge in [0.1, 0.15) is 11.1 Å². The first-order valence-electron chi connectivity index (χ1n) is 6.30. The van der Waals surface area contributed by atoms with Crippen molar-refractivity contribution < 1.29 is 9.69 Å². The topological polar surface area (TPSA) is 57.3 Å². The van der Waals surface area contributed by atoms with Crippen LogP contribution >= 0.6 is 11.3 Å². The molecule has 1 aliphatic rings. The van der Waals surface area contributed by atoms with E-state index in [1.165, 1.54) is 29.1 Å². The van der Waals surface area contributed by atoms with E-state index < -0.39 is 0 Å². The molecule has 5 heteroatoms. The molecular formula is C13H18N3OS+. The summed E-state index contributed by atoms with van der Waals surface area (Å²) in [5, 5.41) is 14.2. The summed E-state index contributed by atoms with van der Waals surface area (Å²) in [4.78, 5) is 13.2. The third-order valence-electron chi connectivity index (χ3n) is 3.43. The number of carbonyl (C=O) groups is 1. The molecule has 0 spiro atoms. The van der Waals surface area contributed by atoms with E-state index in [1.807, 2.05) is 5.38 Å². The Balaban J connectivity index is 1.84. The van der Waals surface area contributed by atoms with E-state index in [-0.39, 0.29) is 5.91 Å². The lowest BCUT2D eigenvalue weighted by molar-refractivity contribution is -0.897. The highest BCUT2D eigenvalue weighted by Gasteiger charge is 2.21. The van der Waals surface area contributed by atoms with Gasteiger partial charge in [0.05, 0.1) is 18.7 Å². The lowest BCUT2D eigenvalue weighted by Crippen LogP contribution is -3.14. The van der Waals surface area contributed by atoms with Gasteiger partial charge in [0.25, 0.3) is 5.91 Å². The van der Waals surface area contributed by atoms with E-state index in [0.717, 1.165) is 19.0 Å². The number of amides is 1. The summed E-state index contributed by atoms with van der Waals surface area (Å²) in [6, 6.07) is 3.81. The number of quaternary nitrogens is 1. The normalized spacial score (nSPS) is 23.3. The molecule has 1 aromatic heterocycles. The van der Waals surface area contributed by atoms with E-state index in [2.05, 4.69) is 18.3 Å². The molecule has 96 valence electrons. The van der Waals surface area contributed by atoms with Crippen molar-refractivity contribution in [2.75, 3.05) is 25.0 Å². The fraction of sp³-hybridized carbons (Fsp3) is 0.538. The van der Waals surface area contributed by atoms with Crippen LogP contribution in [0.2, 0.25) is 0 Å². The van der Waals surface area contributed by atoms with Crippen LogP contribution in [-0.2, 0) is 4.79 Å². The van der Waals surface area contributed by atoms with Crippen molar-refractivity contribution in [3.05, 3.63) is 17.0 Å². The number of likely N-dealkylation sites (tertiary alicyclic amines) is 1. The zero-order chi connectivity index (χ0) is 13.0. The van der Waals surface area contributed by atoms with E-state index in [4.69, 9.17) is 5.26 Å². The maximum atomic E-state index is 11.9. The highest BCUT2D eigenvalue weighted by atomic mass is 32.1. The van der Waals surface area contributed by atoms with Crippen LogP contribution in [0.25, 0.3) is 0 Å². The van der Waals surface area contributed by atoms with Crippen molar-refractivity contribution in [3.8, 4) is 6.07 Å². The number of piperidine rings is 1. The fourth-order valence-electron chi connectivity index (χ4n) is 2.24. The molecule has 1 aromatic rings. The average Bonchev–Trinajstić information content (AvgIpc) is 2.79. The Bertz CT molecular complexity index is 455. The van der Waals surface area contributed by atoms with Gasteiger partial charge in [0.15, 0.2) is 6.54 Å². The Labute approximate surface area is 111 Å². The number of carbonyl (C=O) groups excluding carboxylic acids is 1. The summed E-state index contributed by atoms with van der Waals surface area (Å²) in [6.45, 7) is 4.92. The molecule has 2 N–H and O–H groups in total. The molecule has 1 fully saturated rings. The molecule has 2 rings (SSSR count). The van der Waals surface area contributed by atoms with Crippen molar-refractivity contribution in [3.63, 3.8) is 0 Å². The molecular weight excluding hydrogens is 246 g/mol. The third-order valence-corrected chi connectivity index (χ3v) is 4.26. The van der Waals surface area contributed by atoms with Crippen molar-refractivity contribution in [2.24, 2.45) is 5.92 Å². The van der Waals surface area contributed by atoms with Crippen molar-refractivity contribution in [1.82, 2.24) is 0 Å². The van der Waals surface area contributed by atoms with Gasteiger partial charge in [0.2, 0.25) is 0 Å². The van der Waals surface area contributed by atoms with Crippen molar-refractivity contribution in [1.29, 1.82) is 5.26 Å². The van der Waals surface area contributed by atoms with Gasteiger partial charge in [-0.25, -0.2) is 0 Å². The summed E-state index contributed by atoms with van der Waals surface area (Å²) < 4.78 is 0. The van der Waals surface area contributed by atoms with E-state index in [0.29, 0.717) is 17.1 Å². The Morgan fingerprint density at radius 2 is 2.33 bits per heavy atom. The monoisotopic (exact) mass is 264 g/mol. The summed E-state index contributed by atoms with van der Waals surface area (Å²) in [7, 11) is 0. The number of anilines is 1. The lowest BCUT2D eigenvalue weighted by Gasteiger charge is -2.26. The van der Waals surface area contributed by atoms with Crippen LogP contribution in [0.1, 0.15) is 25.3 Å². The van der Waals surface area contributed by atoms with Gasteiger partial charge in [-0.05, 0) is 30.2 Å². The zero-order valence-electron chi connectivity index (χ0n) is 10.5. The molecule has 1 aliphatic heterocycles. The van der Waals surface area contributed by atoms with Crippen LogP contribution in [0.3, 0.4) is 0 Å². The smallest absolute Gasteiger partial charge is 0.280 e. The minimum Gasteiger partial charge on any atom is -0.327 e. The Kier molecular flexibility index (Phi) is 4.34. The molecule has 18 heavy (non-hydrogen) atoms. The van der Waals surface area contributed by atoms with Gasteiger partial charge in [-0.1, -0.05) is 6.92 Å². The molecule has 0 aliphatic carbocycles. The number of nitriles is 1. The number of nitrogens with zero attached hydrogens (tertiary/aromatic N) is 1. The summed E-state index contributed by atoms with van der Waals surface area (Å²) >= 11 is 1.40. The number of thiophene rings is 1. The second-order valence-electron chi connectivity index (χ2n) is 4.93. The largest absolute Gasteiger partial charge is 0.327 e. The van der Waals surface area contributed by atoms with Gasteiger partial charge in [-0.3, -0.25) is 4.79 Å². The van der Waals surface area contributed by atoms with Gasteiger partial charge in [0, 0.05) is 0 Å². The van der Waals surface area contributed by atoms with Crippen LogP contribution in [0.5, 0.6) is 0 Å². The highest BCUT2D eigenvalue weighted by Crippen LogP contribution is 2.21. The lowest BCUT2D eigenvalue weighted by atomic mass is 9.99. The van der Waals surface area contributed by atoms with Crippen LogP contribution in [0, 0.1) is 17.2 Å². The van der Waals surface area contributed by atoms with E-state index in [1.54, 1.807) is 6.07 Å². The number of hydrogen-bond donors (Lipinski definition) is 2. The predicted molar refractivity (Wildman–Crippen MR) is 71.6 cm³/mol. The van der Waals surface area contributed by atoms with Gasteiger partial charge < -0.3 is 10.2 Å². The summed E-state index contributed by atoms with van der Waals surface area (Å²) in [5.74, 6) is 0.804. The number of hydrogen-bond acceptors (Lipinski definition) is 3. The molecule has 0 aromatic carbocycles. The third kappa shape index (κ3) is 3.31. The summed E-state index contributed by atoms with van der Waals surface area (Å²) in [5.41, 5.74) is 0.551. The van der Waals surface area contributed by atoms with Crippen LogP contribution in [0.4, 0.5) is 5.00 Å². The molecule has 0 atom stereocenters. The molecule has 0 radical (unpaired) electrons. The standard InChI is InChI=1S/C13H17N3OS/c1-10-2-5-16(6-3-10)9-12(17)15-13-11(8-14)4-7-18-13/h4,7,10H,2-3,5-6,9H2,1H3,(H,15,17)/p+1. The van der Waals surface area contributed by atoms with Crippen LogP contribution in [-0.4, -0.2) is 25.5 Å². The average molecular weight is 264 g/mol. The van der Waals surface area contributed by atoms with Crippen LogP contribution < -0.4 is 10.2 Å². The predicted octanol–water partition coefficient (Wildman–Crippen LogP) is 0.873. The highest BCUT2D eigenvalue weighted by molar-refractivity contribution is 7.14. The second kappa shape index (κ2) is 5.98. The molecule has 0 unspecified atom stereocenters. The maximum absolute atomic E-state index is 11.9. The van der Waals surface area contributed by atoms with Gasteiger partial charge in [-0.15, -0.1) is 11.3 Å². The van der Waals surface area contributed by atoms with E-state index >= 15 is 0 Å². The van der Waals surface area contributed by atoms with Gasteiger partial charge in [-0.2, -0.15) is 5.26 Å². The molecule has 1 saturated heterocycles. The SMILES string of the molecule is CC1CC[NH+](CC(=O)Nc2sccc2C#N)CC1. The van der Waals surface area contributed by atoms with Crippen LogP contribution in [0.15, 0.2) is 11.4 Å². The molecule has 0 bridgehead atoms. The van der Waals surface area contributed by atoms with E-state index in [9.17, 15) is 4.79 Å². The molecule has 0 saturated carbocycles. The second-order valence-corrected chi connectivity index (χ2v) is 5.85. The maximum Gasteiger partial charge on any atom is 0.280 e. The Hall–Kier alpha value is -1.38. The molecule has 4 nitrogen and oxygen atoms in total. The minimum atomic E-state index is 0.0125. The summed E-state index contributed by atoms with van der Waals surface area (Å²) in [6.07, 6.45) is 2.40. The molecule has 2 heterocycles. The Morgan fingerprint density at radius 3 is 3.00 bits per heavy atom. The minimum absolute atomic E-state index is 0.0125. The zero-order valence-corrected chi connectivity index (χ0v) is 11.3. The number of rotatable bonds is 3. The quantitative estimate of drug-likeness (QED) is 0.851. The first-order valence-corrected chi connectivity index (χ1v) is 7.18. The fourth-order valence-corrected chi connectivity index (χ4v) is 2.99. The Morgan fingerprint density at radius 1 is 1.61 bits per heavy atom. The first-order chi connectivity index (χ1) is 8.69. The van der Waals surface area contributed by atoms with Crippen molar-refractivity contribution in [2.45, 2.75) is 19.8 Å².